The predicted molar refractivity (Wildman–Crippen MR) is 72.7 cm³/mol. The molecule has 5 heteroatoms. The van der Waals surface area contributed by atoms with Crippen LogP contribution in [0.2, 0.25) is 0 Å². The van der Waals surface area contributed by atoms with Crippen LogP contribution >= 0.6 is 15.9 Å². The molecule has 0 fully saturated rings. The van der Waals surface area contributed by atoms with Gasteiger partial charge in [0.25, 0.3) is 0 Å². The predicted octanol–water partition coefficient (Wildman–Crippen LogP) is 2.22. The average Bonchev–Trinajstić information content (AvgIpc) is 2.39. The number of hydrogen-bond acceptors (Lipinski definition) is 3. The summed E-state index contributed by atoms with van der Waals surface area (Å²) in [7, 11) is 3.11. The van der Waals surface area contributed by atoms with E-state index in [1.807, 2.05) is 12.1 Å². The van der Waals surface area contributed by atoms with E-state index < -0.39 is 0 Å². The summed E-state index contributed by atoms with van der Waals surface area (Å²) in [5, 5.41) is 0.664. The highest BCUT2D eigenvalue weighted by Gasteiger charge is 2.09. The van der Waals surface area contributed by atoms with Gasteiger partial charge in [-0.25, -0.2) is 4.79 Å². The Kier molecular flexibility index (Phi) is 5.85. The lowest BCUT2D eigenvalue weighted by molar-refractivity contribution is -0.129. The van der Waals surface area contributed by atoms with Crippen LogP contribution in [0.25, 0.3) is 0 Å². The van der Waals surface area contributed by atoms with E-state index in [1.165, 1.54) is 7.11 Å². The van der Waals surface area contributed by atoms with Gasteiger partial charge in [0, 0.05) is 25.3 Å². The molecule has 1 rings (SSSR count). The Hall–Kier alpha value is -1.36. The van der Waals surface area contributed by atoms with Crippen LogP contribution in [0.3, 0.4) is 0 Å². The number of amides is 1. The van der Waals surface area contributed by atoms with Crippen molar-refractivity contribution in [2.24, 2.45) is 0 Å². The van der Waals surface area contributed by atoms with Crippen molar-refractivity contribution >= 4 is 27.8 Å². The molecule has 0 aliphatic rings. The standard InChI is InChI=1S/C13H16BrNO3/c1-15(12(16)7-8-14)9-10-3-5-11(6-4-10)13(17)18-2/h3-6H,7-9H2,1-2H3. The van der Waals surface area contributed by atoms with Crippen LogP contribution < -0.4 is 0 Å². The fraction of sp³-hybridized carbons (Fsp3) is 0.385. The zero-order chi connectivity index (χ0) is 13.5. The summed E-state index contributed by atoms with van der Waals surface area (Å²) in [6.45, 7) is 0.535. The van der Waals surface area contributed by atoms with Crippen LogP contribution in [0.1, 0.15) is 22.3 Å². The minimum atomic E-state index is -0.356. The van der Waals surface area contributed by atoms with Crippen LogP contribution in [0, 0.1) is 0 Å². The number of carbonyl (C=O) groups excluding carboxylic acids is 2. The third kappa shape index (κ3) is 4.14. The molecule has 0 atom stereocenters. The van der Waals surface area contributed by atoms with Crippen LogP contribution in [0.4, 0.5) is 0 Å². The first kappa shape index (κ1) is 14.7. The maximum atomic E-state index is 11.6. The first-order valence-electron chi connectivity index (χ1n) is 5.55. The second kappa shape index (κ2) is 7.16. The summed E-state index contributed by atoms with van der Waals surface area (Å²) in [4.78, 5) is 24.5. The van der Waals surface area contributed by atoms with Crippen molar-refractivity contribution in [3.05, 3.63) is 35.4 Å². The van der Waals surface area contributed by atoms with Crippen LogP contribution in [0.15, 0.2) is 24.3 Å². The van der Waals surface area contributed by atoms with E-state index in [0.717, 1.165) is 5.56 Å². The van der Waals surface area contributed by atoms with Gasteiger partial charge in [-0.1, -0.05) is 28.1 Å². The fourth-order valence-corrected chi connectivity index (χ4v) is 1.84. The number of esters is 1. The Morgan fingerprint density at radius 3 is 2.39 bits per heavy atom. The quantitative estimate of drug-likeness (QED) is 0.618. The largest absolute Gasteiger partial charge is 0.465 e. The SMILES string of the molecule is COC(=O)c1ccc(CN(C)C(=O)CCBr)cc1. The minimum absolute atomic E-state index is 0.0870. The number of carbonyl (C=O) groups is 2. The molecule has 0 bridgehead atoms. The molecule has 0 unspecified atom stereocenters. The van der Waals surface area contributed by atoms with Gasteiger partial charge in [0.15, 0.2) is 0 Å². The summed E-state index contributed by atoms with van der Waals surface area (Å²) in [5.74, 6) is -0.269. The Bertz CT molecular complexity index is 417. The van der Waals surface area contributed by atoms with E-state index in [1.54, 1.807) is 24.1 Å². The van der Waals surface area contributed by atoms with Crippen LogP contribution in [-0.2, 0) is 16.1 Å². The topological polar surface area (TPSA) is 46.6 Å². The lowest BCUT2D eigenvalue weighted by atomic mass is 10.1. The van der Waals surface area contributed by atoms with Crippen molar-refractivity contribution in [3.8, 4) is 0 Å². The van der Waals surface area contributed by atoms with Crippen molar-refractivity contribution < 1.29 is 14.3 Å². The lowest BCUT2D eigenvalue weighted by Gasteiger charge is -2.16. The highest BCUT2D eigenvalue weighted by atomic mass is 79.9. The molecule has 0 saturated carbocycles. The number of benzene rings is 1. The van der Waals surface area contributed by atoms with Crippen molar-refractivity contribution in [2.75, 3.05) is 19.5 Å². The number of halogens is 1. The number of rotatable bonds is 5. The third-order valence-electron chi connectivity index (χ3n) is 2.53. The maximum Gasteiger partial charge on any atom is 0.337 e. The summed E-state index contributed by atoms with van der Waals surface area (Å²) in [6.07, 6.45) is 0.483. The lowest BCUT2D eigenvalue weighted by Crippen LogP contribution is -2.26. The van der Waals surface area contributed by atoms with Crippen molar-refractivity contribution in [1.82, 2.24) is 4.90 Å². The molecule has 0 saturated heterocycles. The van der Waals surface area contributed by atoms with Gasteiger partial charge in [0.1, 0.15) is 0 Å². The van der Waals surface area contributed by atoms with Crippen molar-refractivity contribution in [1.29, 1.82) is 0 Å². The molecule has 0 aliphatic carbocycles. The normalized spacial score (nSPS) is 9.94. The molecule has 0 heterocycles. The molecule has 98 valence electrons. The Labute approximate surface area is 115 Å². The number of hydrogen-bond donors (Lipinski definition) is 0. The molecule has 0 aromatic heterocycles. The molecule has 0 N–H and O–H groups in total. The highest BCUT2D eigenvalue weighted by molar-refractivity contribution is 9.09. The van der Waals surface area contributed by atoms with Crippen LogP contribution in [0.5, 0.6) is 0 Å². The molecule has 1 aromatic carbocycles. The number of methoxy groups -OCH3 is 1. The number of ether oxygens (including phenoxy) is 1. The molecule has 18 heavy (non-hydrogen) atoms. The van der Waals surface area contributed by atoms with Gasteiger partial charge in [-0.05, 0) is 17.7 Å². The Morgan fingerprint density at radius 1 is 1.28 bits per heavy atom. The van der Waals surface area contributed by atoms with Gasteiger partial charge in [-0.3, -0.25) is 4.79 Å². The van der Waals surface area contributed by atoms with E-state index in [4.69, 9.17) is 0 Å². The third-order valence-corrected chi connectivity index (χ3v) is 2.93. The average molecular weight is 314 g/mol. The van der Waals surface area contributed by atoms with Gasteiger partial charge in [0.05, 0.1) is 12.7 Å². The number of nitrogens with zero attached hydrogens (tertiary/aromatic N) is 1. The zero-order valence-electron chi connectivity index (χ0n) is 10.5. The van der Waals surface area contributed by atoms with E-state index in [2.05, 4.69) is 20.7 Å². The molecule has 1 aromatic rings. The van der Waals surface area contributed by atoms with E-state index in [-0.39, 0.29) is 11.9 Å². The van der Waals surface area contributed by atoms with Crippen LogP contribution in [-0.4, -0.2) is 36.3 Å². The first-order chi connectivity index (χ1) is 8.58. The molecular weight excluding hydrogens is 298 g/mol. The van der Waals surface area contributed by atoms with Gasteiger partial charge < -0.3 is 9.64 Å². The molecule has 0 spiro atoms. The first-order valence-corrected chi connectivity index (χ1v) is 6.67. The maximum absolute atomic E-state index is 11.6. The Balaban J connectivity index is 2.63. The van der Waals surface area contributed by atoms with Gasteiger partial charge in [-0.2, -0.15) is 0 Å². The highest BCUT2D eigenvalue weighted by Crippen LogP contribution is 2.08. The van der Waals surface area contributed by atoms with E-state index in [9.17, 15) is 9.59 Å². The second-order valence-corrected chi connectivity index (χ2v) is 4.67. The molecule has 0 aliphatic heterocycles. The summed E-state index contributed by atoms with van der Waals surface area (Å²) < 4.78 is 4.62. The molecule has 0 radical (unpaired) electrons. The van der Waals surface area contributed by atoms with Crippen molar-refractivity contribution in [3.63, 3.8) is 0 Å². The smallest absolute Gasteiger partial charge is 0.337 e. The second-order valence-electron chi connectivity index (χ2n) is 3.88. The van der Waals surface area contributed by atoms with E-state index >= 15 is 0 Å². The summed E-state index contributed by atoms with van der Waals surface area (Å²) >= 11 is 3.24. The molecule has 1 amide bonds. The minimum Gasteiger partial charge on any atom is -0.465 e. The van der Waals surface area contributed by atoms with Gasteiger partial charge >= 0.3 is 5.97 Å². The fourth-order valence-electron chi connectivity index (χ4n) is 1.50. The monoisotopic (exact) mass is 313 g/mol. The number of alkyl halides is 1. The zero-order valence-corrected chi connectivity index (χ0v) is 12.1. The summed E-state index contributed by atoms with van der Waals surface area (Å²) in [6, 6.07) is 7.04. The summed E-state index contributed by atoms with van der Waals surface area (Å²) in [5.41, 5.74) is 1.49. The van der Waals surface area contributed by atoms with E-state index in [0.29, 0.717) is 23.9 Å². The van der Waals surface area contributed by atoms with Gasteiger partial charge in [0.2, 0.25) is 5.91 Å². The molecule has 4 nitrogen and oxygen atoms in total. The van der Waals surface area contributed by atoms with Crippen molar-refractivity contribution in [2.45, 2.75) is 13.0 Å². The van der Waals surface area contributed by atoms with Gasteiger partial charge in [-0.15, -0.1) is 0 Å². The Morgan fingerprint density at radius 2 is 1.89 bits per heavy atom. The molecular formula is C13H16BrNO3.